The van der Waals surface area contributed by atoms with Crippen LogP contribution in [-0.4, -0.2) is 74.6 Å². The van der Waals surface area contributed by atoms with Crippen LogP contribution in [0, 0.1) is 18.8 Å². The van der Waals surface area contributed by atoms with E-state index in [4.69, 9.17) is 42.1 Å². The van der Waals surface area contributed by atoms with E-state index in [0.29, 0.717) is 61.1 Å². The fourth-order valence-electron chi connectivity index (χ4n) is 6.70. The van der Waals surface area contributed by atoms with E-state index in [0.717, 1.165) is 66.7 Å². The Morgan fingerprint density at radius 2 is 1.63 bits per heavy atom. The minimum atomic E-state index is -0.838. The number of aliphatic carboxylic acids is 1. The van der Waals surface area contributed by atoms with Gasteiger partial charge in [0.05, 0.1) is 29.0 Å². The summed E-state index contributed by atoms with van der Waals surface area (Å²) in [5.74, 6) is 0.976. The van der Waals surface area contributed by atoms with E-state index in [1.807, 2.05) is 50.2 Å². The van der Waals surface area contributed by atoms with Crippen molar-refractivity contribution in [2.75, 3.05) is 46.6 Å². The summed E-state index contributed by atoms with van der Waals surface area (Å²) < 4.78 is 23.1. The van der Waals surface area contributed by atoms with Crippen molar-refractivity contribution < 1.29 is 33.6 Å². The zero-order valence-electron chi connectivity index (χ0n) is 29.8. The fourth-order valence-corrected chi connectivity index (χ4v) is 7.41. The standard InChI is InChI=1S/C40H50Cl2N2O7/c1-26-17-36(41)39(37(42)18-26)50-16-15-49-32-10-6-30(7-11-32)34-12-13-43-23-35(34)40(47)44(31-8-9-31)24-29-20-28(5-4-14-48-3)21-33(22-29)51-25-27(2)19-38(45)46/h6-7,10-11,17-18,20-22,27,31,34-35,43H,4-5,8-9,12-16,19,23-25H2,1-3H3,(H,45,46)/t27-,34-,35+/m0/s1. The fraction of sp³-hybridized carbons (Fsp3) is 0.500. The predicted octanol–water partition coefficient (Wildman–Crippen LogP) is 7.71. The third-order valence-corrected chi connectivity index (χ3v) is 9.93. The number of hydrogen-bond acceptors (Lipinski definition) is 7. The Kier molecular flexibility index (Phi) is 14.3. The molecule has 2 fully saturated rings. The van der Waals surface area contributed by atoms with Crippen LogP contribution in [-0.2, 0) is 27.3 Å². The van der Waals surface area contributed by atoms with Gasteiger partial charge in [-0.3, -0.25) is 9.59 Å². The number of halogens is 2. The van der Waals surface area contributed by atoms with Crippen LogP contribution in [0.3, 0.4) is 0 Å². The smallest absolute Gasteiger partial charge is 0.303 e. The number of piperidine rings is 1. The van der Waals surface area contributed by atoms with Gasteiger partial charge in [-0.2, -0.15) is 0 Å². The van der Waals surface area contributed by atoms with Crippen LogP contribution in [0.15, 0.2) is 54.6 Å². The average molecular weight is 742 g/mol. The third kappa shape index (κ3) is 11.5. The Morgan fingerprint density at radius 1 is 0.922 bits per heavy atom. The molecule has 3 atom stereocenters. The average Bonchev–Trinajstić information content (AvgIpc) is 3.94. The Labute approximate surface area is 311 Å². The molecule has 0 spiro atoms. The lowest BCUT2D eigenvalue weighted by molar-refractivity contribution is -0.139. The summed E-state index contributed by atoms with van der Waals surface area (Å²) in [7, 11) is 1.70. The minimum Gasteiger partial charge on any atom is -0.493 e. The second-order valence-corrected chi connectivity index (χ2v) is 14.6. The molecule has 11 heteroatoms. The first-order valence-electron chi connectivity index (χ1n) is 17.9. The maximum atomic E-state index is 14.4. The summed E-state index contributed by atoms with van der Waals surface area (Å²) in [6.07, 6.45) is 4.59. The number of nitrogens with one attached hydrogen (secondary N) is 1. The van der Waals surface area contributed by atoms with Crippen molar-refractivity contribution in [1.82, 2.24) is 10.2 Å². The van der Waals surface area contributed by atoms with Gasteiger partial charge >= 0.3 is 5.97 Å². The zero-order valence-corrected chi connectivity index (χ0v) is 31.3. The van der Waals surface area contributed by atoms with Gasteiger partial charge in [-0.15, -0.1) is 0 Å². The lowest BCUT2D eigenvalue weighted by atomic mass is 9.80. The van der Waals surface area contributed by atoms with Gasteiger partial charge in [0.15, 0.2) is 5.75 Å². The Balaban J connectivity index is 1.24. The number of amides is 1. The molecule has 2 N–H and O–H groups in total. The number of aryl methyl sites for hydroxylation is 2. The second kappa shape index (κ2) is 18.8. The molecule has 1 heterocycles. The maximum absolute atomic E-state index is 14.4. The van der Waals surface area contributed by atoms with Gasteiger partial charge < -0.3 is 34.3 Å². The first-order valence-corrected chi connectivity index (χ1v) is 18.7. The van der Waals surface area contributed by atoms with E-state index in [1.165, 1.54) is 0 Å². The summed E-state index contributed by atoms with van der Waals surface area (Å²) >= 11 is 12.6. The highest BCUT2D eigenvalue weighted by atomic mass is 35.5. The summed E-state index contributed by atoms with van der Waals surface area (Å²) in [6.45, 7) is 7.35. The molecule has 3 aromatic carbocycles. The number of methoxy groups -OCH3 is 1. The summed E-state index contributed by atoms with van der Waals surface area (Å²) in [5.41, 5.74) is 4.22. The lowest BCUT2D eigenvalue weighted by Gasteiger charge is -2.36. The van der Waals surface area contributed by atoms with Gasteiger partial charge in [0.2, 0.25) is 5.91 Å². The third-order valence-electron chi connectivity index (χ3n) is 9.37. The number of carbonyl (C=O) groups is 2. The zero-order chi connectivity index (χ0) is 36.3. The minimum absolute atomic E-state index is 0.0472. The van der Waals surface area contributed by atoms with Gasteiger partial charge in [-0.05, 0) is 110 Å². The molecule has 1 saturated carbocycles. The summed E-state index contributed by atoms with van der Waals surface area (Å²) in [6, 6.07) is 18.1. The normalized spacial score (nSPS) is 17.8. The Morgan fingerprint density at radius 3 is 2.31 bits per heavy atom. The molecule has 276 valence electrons. The molecule has 51 heavy (non-hydrogen) atoms. The molecule has 5 rings (SSSR count). The van der Waals surface area contributed by atoms with Crippen molar-refractivity contribution in [3.63, 3.8) is 0 Å². The predicted molar refractivity (Wildman–Crippen MR) is 199 cm³/mol. The Bertz CT molecular complexity index is 1590. The van der Waals surface area contributed by atoms with E-state index in [-0.39, 0.29) is 36.1 Å². The van der Waals surface area contributed by atoms with E-state index in [9.17, 15) is 14.7 Å². The van der Waals surface area contributed by atoms with Crippen molar-refractivity contribution >= 4 is 35.1 Å². The molecule has 1 aliphatic carbocycles. The molecule has 2 aliphatic rings. The van der Waals surface area contributed by atoms with E-state index in [1.54, 1.807) is 7.11 Å². The number of rotatable bonds is 19. The van der Waals surface area contributed by atoms with E-state index in [2.05, 4.69) is 28.4 Å². The molecule has 9 nitrogen and oxygen atoms in total. The largest absolute Gasteiger partial charge is 0.493 e. The van der Waals surface area contributed by atoms with Crippen LogP contribution in [0.1, 0.15) is 67.2 Å². The van der Waals surface area contributed by atoms with Gasteiger partial charge in [0, 0.05) is 38.8 Å². The highest BCUT2D eigenvalue weighted by molar-refractivity contribution is 6.37. The molecule has 1 saturated heterocycles. The monoisotopic (exact) mass is 740 g/mol. The van der Waals surface area contributed by atoms with E-state index >= 15 is 0 Å². The highest BCUT2D eigenvalue weighted by Crippen LogP contribution is 2.37. The quantitative estimate of drug-likeness (QED) is 0.121. The molecular weight excluding hydrogens is 691 g/mol. The first-order chi connectivity index (χ1) is 24.6. The summed E-state index contributed by atoms with van der Waals surface area (Å²) in [4.78, 5) is 27.7. The lowest BCUT2D eigenvalue weighted by Crippen LogP contribution is -2.47. The molecule has 1 aliphatic heterocycles. The maximum Gasteiger partial charge on any atom is 0.303 e. The second-order valence-electron chi connectivity index (χ2n) is 13.8. The van der Waals surface area contributed by atoms with Crippen LogP contribution in [0.5, 0.6) is 17.2 Å². The number of hydrogen-bond donors (Lipinski definition) is 2. The van der Waals surface area contributed by atoms with Crippen LogP contribution < -0.4 is 19.5 Å². The molecule has 0 aromatic heterocycles. The molecule has 0 unspecified atom stereocenters. The number of carbonyl (C=O) groups excluding carboxylic acids is 1. The molecule has 0 bridgehead atoms. The molecule has 0 radical (unpaired) electrons. The van der Waals surface area contributed by atoms with Crippen LogP contribution in [0.25, 0.3) is 0 Å². The van der Waals surface area contributed by atoms with Crippen molar-refractivity contribution in [3.8, 4) is 17.2 Å². The molecule has 3 aromatic rings. The number of benzene rings is 3. The molecule has 1 amide bonds. The van der Waals surface area contributed by atoms with Gasteiger partial charge in [-0.25, -0.2) is 0 Å². The molecular formula is C40H50Cl2N2O7. The summed E-state index contributed by atoms with van der Waals surface area (Å²) in [5, 5.41) is 13.6. The topological polar surface area (TPSA) is 107 Å². The van der Waals surface area contributed by atoms with Gasteiger partial charge in [-0.1, -0.05) is 48.3 Å². The number of carboxylic acid groups (broad SMARTS) is 1. The number of carboxylic acids is 1. The highest BCUT2D eigenvalue weighted by Gasteiger charge is 2.40. The number of nitrogens with zero attached hydrogens (tertiary/aromatic N) is 1. The van der Waals surface area contributed by atoms with Crippen molar-refractivity contribution in [1.29, 1.82) is 0 Å². The van der Waals surface area contributed by atoms with Crippen LogP contribution >= 0.6 is 23.2 Å². The first kappa shape index (κ1) is 38.7. The van der Waals surface area contributed by atoms with E-state index < -0.39 is 5.97 Å². The van der Waals surface area contributed by atoms with Crippen molar-refractivity contribution in [2.24, 2.45) is 11.8 Å². The van der Waals surface area contributed by atoms with Crippen molar-refractivity contribution in [2.45, 2.75) is 70.9 Å². The van der Waals surface area contributed by atoms with Crippen molar-refractivity contribution in [3.05, 3.63) is 86.9 Å². The Hall–Kier alpha value is -3.50. The SMILES string of the molecule is COCCCc1cc(CN(C(=O)[C@@H]2CNCC[C@H]2c2ccc(OCCOc3c(Cl)cc(C)cc3Cl)cc2)C2CC2)cc(OC[C@@H](C)CC(=O)O)c1. The number of ether oxygens (including phenoxy) is 4. The van der Waals surface area contributed by atoms with Crippen LogP contribution in [0.2, 0.25) is 10.0 Å². The van der Waals surface area contributed by atoms with Gasteiger partial charge in [0.1, 0.15) is 24.7 Å². The van der Waals surface area contributed by atoms with Crippen LogP contribution in [0.4, 0.5) is 0 Å². The van der Waals surface area contributed by atoms with Gasteiger partial charge in [0.25, 0.3) is 0 Å².